The fraction of sp³-hybridized carbons (Fsp3) is 0.353. The van der Waals surface area contributed by atoms with Gasteiger partial charge in [0.1, 0.15) is 0 Å². The van der Waals surface area contributed by atoms with Gasteiger partial charge in [-0.05, 0) is 25.3 Å². The van der Waals surface area contributed by atoms with Crippen molar-refractivity contribution in [2.45, 2.75) is 38.6 Å². The number of nitrogen functional groups attached to an aromatic ring is 1. The predicted molar refractivity (Wildman–Crippen MR) is 88.6 cm³/mol. The molecule has 1 heterocycles. The lowest BCUT2D eigenvalue weighted by atomic mass is 10.0. The van der Waals surface area contributed by atoms with Gasteiger partial charge in [0.05, 0.1) is 10.6 Å². The lowest BCUT2D eigenvalue weighted by Gasteiger charge is -2.13. The Balaban J connectivity index is 1.89. The summed E-state index contributed by atoms with van der Waals surface area (Å²) in [6.07, 6.45) is 4.56. The van der Waals surface area contributed by atoms with E-state index >= 15 is 0 Å². The molecule has 4 heteroatoms. The van der Waals surface area contributed by atoms with Crippen LogP contribution in [-0.2, 0) is 0 Å². The Labute approximate surface area is 129 Å². The molecule has 3 N–H and O–H groups in total. The van der Waals surface area contributed by atoms with Gasteiger partial charge in [-0.1, -0.05) is 42.7 Å². The number of anilines is 1. The third-order valence-electron chi connectivity index (χ3n) is 4.10. The minimum absolute atomic E-state index is 0.0313. The van der Waals surface area contributed by atoms with Gasteiger partial charge in [0.2, 0.25) is 0 Å². The number of hydrogen-bond acceptors (Lipinski definition) is 3. The molecule has 0 unspecified atom stereocenters. The molecular formula is C17H20N2OS. The summed E-state index contributed by atoms with van der Waals surface area (Å²) in [5.41, 5.74) is 9.87. The molecule has 1 aliphatic rings. The molecule has 0 radical (unpaired) electrons. The summed E-state index contributed by atoms with van der Waals surface area (Å²) in [6, 6.07) is 8.51. The second-order valence-electron chi connectivity index (χ2n) is 5.71. The van der Waals surface area contributed by atoms with Crippen LogP contribution in [0.15, 0.2) is 29.6 Å². The van der Waals surface area contributed by atoms with Crippen molar-refractivity contribution >= 4 is 22.2 Å². The van der Waals surface area contributed by atoms with Gasteiger partial charge in [0, 0.05) is 17.0 Å². The topological polar surface area (TPSA) is 55.1 Å². The summed E-state index contributed by atoms with van der Waals surface area (Å²) in [4.78, 5) is 12.6. The smallest absolute Gasteiger partial charge is 0.255 e. The van der Waals surface area contributed by atoms with Crippen LogP contribution in [0.2, 0.25) is 0 Å². The molecule has 1 fully saturated rings. The molecule has 21 heavy (non-hydrogen) atoms. The van der Waals surface area contributed by atoms with E-state index in [1.54, 1.807) is 0 Å². The quantitative estimate of drug-likeness (QED) is 0.901. The van der Waals surface area contributed by atoms with Crippen molar-refractivity contribution in [2.75, 3.05) is 5.73 Å². The second kappa shape index (κ2) is 5.90. The van der Waals surface area contributed by atoms with Gasteiger partial charge in [0.25, 0.3) is 5.91 Å². The molecule has 3 nitrogen and oxygen atoms in total. The van der Waals surface area contributed by atoms with Gasteiger partial charge >= 0.3 is 0 Å². The Bertz CT molecular complexity index is 639. The number of thiophene rings is 1. The van der Waals surface area contributed by atoms with E-state index in [9.17, 15) is 4.79 Å². The van der Waals surface area contributed by atoms with E-state index in [-0.39, 0.29) is 5.91 Å². The Morgan fingerprint density at radius 3 is 2.57 bits per heavy atom. The maximum absolute atomic E-state index is 12.6. The Morgan fingerprint density at radius 1 is 1.24 bits per heavy atom. The van der Waals surface area contributed by atoms with Crippen LogP contribution in [0.5, 0.6) is 0 Å². The highest BCUT2D eigenvalue weighted by Gasteiger charge is 2.23. The molecule has 3 rings (SSSR count). The van der Waals surface area contributed by atoms with Crippen LogP contribution in [-0.4, -0.2) is 11.9 Å². The highest BCUT2D eigenvalue weighted by atomic mass is 32.1. The van der Waals surface area contributed by atoms with E-state index in [0.717, 1.165) is 24.0 Å². The average molecular weight is 300 g/mol. The van der Waals surface area contributed by atoms with Crippen molar-refractivity contribution < 1.29 is 4.79 Å². The summed E-state index contributed by atoms with van der Waals surface area (Å²) in [7, 11) is 0. The summed E-state index contributed by atoms with van der Waals surface area (Å²) in [6.45, 7) is 2.06. The standard InChI is InChI=1S/C17H20N2OS/c1-11-6-8-12(9-7-11)14-10-21-16(18)15(14)17(20)19-13-4-2-3-5-13/h6-10,13H,2-5,18H2,1H3,(H,19,20). The lowest BCUT2D eigenvalue weighted by Crippen LogP contribution is -2.33. The zero-order valence-corrected chi connectivity index (χ0v) is 13.0. The maximum Gasteiger partial charge on any atom is 0.255 e. The minimum Gasteiger partial charge on any atom is -0.390 e. The number of carbonyl (C=O) groups excluding carboxylic acids is 1. The first-order valence-electron chi connectivity index (χ1n) is 7.40. The lowest BCUT2D eigenvalue weighted by molar-refractivity contribution is 0.0940. The third kappa shape index (κ3) is 2.95. The molecule has 0 spiro atoms. The number of amides is 1. The highest BCUT2D eigenvalue weighted by Crippen LogP contribution is 2.34. The van der Waals surface area contributed by atoms with Crippen molar-refractivity contribution in [1.82, 2.24) is 5.32 Å². The number of aryl methyl sites for hydroxylation is 1. The second-order valence-corrected chi connectivity index (χ2v) is 6.62. The van der Waals surface area contributed by atoms with Crippen LogP contribution < -0.4 is 11.1 Å². The van der Waals surface area contributed by atoms with Crippen molar-refractivity contribution in [1.29, 1.82) is 0 Å². The van der Waals surface area contributed by atoms with Gasteiger partial charge in [-0.2, -0.15) is 0 Å². The molecule has 1 aliphatic carbocycles. The fourth-order valence-corrected chi connectivity index (χ4v) is 3.70. The van der Waals surface area contributed by atoms with Crippen LogP contribution in [0.3, 0.4) is 0 Å². The van der Waals surface area contributed by atoms with Crippen molar-refractivity contribution in [2.24, 2.45) is 0 Å². The summed E-state index contributed by atoms with van der Waals surface area (Å²) in [5, 5.41) is 5.71. The van der Waals surface area contributed by atoms with Crippen molar-refractivity contribution in [3.05, 3.63) is 40.8 Å². The summed E-state index contributed by atoms with van der Waals surface area (Å²) in [5.74, 6) is -0.0313. The number of carbonyl (C=O) groups is 1. The number of benzene rings is 1. The monoisotopic (exact) mass is 300 g/mol. The molecule has 1 saturated carbocycles. The SMILES string of the molecule is Cc1ccc(-c2csc(N)c2C(=O)NC2CCCC2)cc1. The molecule has 110 valence electrons. The van der Waals surface area contributed by atoms with Crippen molar-refractivity contribution in [3.8, 4) is 11.1 Å². The van der Waals surface area contributed by atoms with Crippen LogP contribution in [0.25, 0.3) is 11.1 Å². The molecule has 0 aliphatic heterocycles. The largest absolute Gasteiger partial charge is 0.390 e. The van der Waals surface area contributed by atoms with Crippen LogP contribution in [0.4, 0.5) is 5.00 Å². The maximum atomic E-state index is 12.6. The van der Waals surface area contributed by atoms with Gasteiger partial charge < -0.3 is 11.1 Å². The van der Waals surface area contributed by atoms with Gasteiger partial charge in [-0.15, -0.1) is 11.3 Å². The summed E-state index contributed by atoms with van der Waals surface area (Å²) < 4.78 is 0. The molecule has 1 aromatic heterocycles. The normalized spacial score (nSPS) is 15.3. The molecule has 1 amide bonds. The molecule has 2 aromatic rings. The Hall–Kier alpha value is -1.81. The molecule has 1 aromatic carbocycles. The van der Waals surface area contributed by atoms with E-state index < -0.39 is 0 Å². The van der Waals surface area contributed by atoms with E-state index in [2.05, 4.69) is 24.4 Å². The number of nitrogens with two attached hydrogens (primary N) is 1. The molecule has 0 atom stereocenters. The molecular weight excluding hydrogens is 280 g/mol. The van der Waals surface area contributed by atoms with Crippen molar-refractivity contribution in [3.63, 3.8) is 0 Å². The zero-order valence-electron chi connectivity index (χ0n) is 12.2. The first-order valence-corrected chi connectivity index (χ1v) is 8.28. The van der Waals surface area contributed by atoms with Gasteiger partial charge in [0.15, 0.2) is 0 Å². The first kappa shape index (κ1) is 14.1. The first-order chi connectivity index (χ1) is 10.1. The van der Waals surface area contributed by atoms with Crippen LogP contribution in [0, 0.1) is 6.92 Å². The number of rotatable bonds is 3. The fourth-order valence-electron chi connectivity index (χ4n) is 2.88. The van der Waals surface area contributed by atoms with E-state index in [1.807, 2.05) is 17.5 Å². The Morgan fingerprint density at radius 2 is 1.90 bits per heavy atom. The third-order valence-corrected chi connectivity index (χ3v) is 4.91. The summed E-state index contributed by atoms with van der Waals surface area (Å²) >= 11 is 1.43. The Kier molecular flexibility index (Phi) is 3.97. The number of nitrogens with one attached hydrogen (secondary N) is 1. The van der Waals surface area contributed by atoms with Gasteiger partial charge in [-0.25, -0.2) is 0 Å². The van der Waals surface area contributed by atoms with E-state index in [4.69, 9.17) is 5.73 Å². The van der Waals surface area contributed by atoms with E-state index in [1.165, 1.54) is 29.7 Å². The predicted octanol–water partition coefficient (Wildman–Crippen LogP) is 3.98. The van der Waals surface area contributed by atoms with Gasteiger partial charge in [-0.3, -0.25) is 4.79 Å². The van der Waals surface area contributed by atoms with Crippen LogP contribution in [0.1, 0.15) is 41.6 Å². The average Bonchev–Trinajstić information content (AvgIpc) is 3.09. The molecule has 0 saturated heterocycles. The molecule has 0 bridgehead atoms. The van der Waals surface area contributed by atoms with Crippen LogP contribution >= 0.6 is 11.3 Å². The minimum atomic E-state index is -0.0313. The number of hydrogen-bond donors (Lipinski definition) is 2. The van der Waals surface area contributed by atoms with E-state index in [0.29, 0.717) is 16.6 Å². The highest BCUT2D eigenvalue weighted by molar-refractivity contribution is 7.15. The zero-order chi connectivity index (χ0) is 14.8.